The molecule has 1 aliphatic heterocycles. The second-order valence-electron chi connectivity index (χ2n) is 20.7. The molecule has 1 N–H and O–H groups in total. The van der Waals surface area contributed by atoms with E-state index in [9.17, 15) is 9.90 Å². The molecule has 3 nitrogen and oxygen atoms in total. The highest BCUT2D eigenvalue weighted by molar-refractivity contribution is 6.40. The maximum atomic E-state index is 14.8. The number of carbonyl (C=O) groups is 1. The maximum Gasteiger partial charge on any atom is 0.203 e. The van der Waals surface area contributed by atoms with Crippen molar-refractivity contribution in [3.05, 3.63) is 126 Å². The van der Waals surface area contributed by atoms with Crippen molar-refractivity contribution in [3.63, 3.8) is 0 Å². The summed E-state index contributed by atoms with van der Waals surface area (Å²) in [6, 6.07) is 18.8. The van der Waals surface area contributed by atoms with Gasteiger partial charge in [-0.15, -0.1) is 0 Å². The van der Waals surface area contributed by atoms with E-state index in [1.54, 1.807) is 0 Å². The smallest absolute Gasteiger partial charge is 0.203 e. The summed E-state index contributed by atoms with van der Waals surface area (Å²) < 4.78 is 0. The average Bonchev–Trinajstić information content (AvgIpc) is 3.76. The van der Waals surface area contributed by atoms with Gasteiger partial charge in [-0.05, 0) is 149 Å². The fourth-order valence-electron chi connectivity index (χ4n) is 9.49. The Kier molecular flexibility index (Phi) is 6.80. The molecule has 0 amide bonds. The van der Waals surface area contributed by atoms with Gasteiger partial charge < -0.3 is 5.11 Å². The topological polar surface area (TPSA) is 50.2 Å². The van der Waals surface area contributed by atoms with Gasteiger partial charge in [0.1, 0.15) is 5.76 Å². The highest BCUT2D eigenvalue weighted by atomic mass is 16.3. The number of aliphatic hydroxyl groups excluding tert-OH is 1. The van der Waals surface area contributed by atoms with Crippen LogP contribution in [0, 0.1) is 17.4 Å². The van der Waals surface area contributed by atoms with Crippen LogP contribution >= 0.6 is 0 Å². The number of hydrogen-bond donors (Lipinski definition) is 1. The monoisotopic (exact) mass is 711 g/mol. The number of carbonyl (C=O) groups excluding carboxylic acids is 1. The van der Waals surface area contributed by atoms with Crippen LogP contribution in [0.1, 0.15) is 136 Å². The zero-order chi connectivity index (χ0) is 38.9. The summed E-state index contributed by atoms with van der Waals surface area (Å²) in [6.07, 6.45) is 0.643. The minimum absolute atomic E-state index is 0.0174. The van der Waals surface area contributed by atoms with E-state index in [0.717, 1.165) is 32.7 Å². The molecule has 5 aliphatic rings. The first-order valence-electron chi connectivity index (χ1n) is 19.7. The van der Waals surface area contributed by atoms with Gasteiger partial charge in [-0.2, -0.15) is 0 Å². The lowest BCUT2D eigenvalue weighted by molar-refractivity contribution is -0.111. The van der Waals surface area contributed by atoms with E-state index in [-0.39, 0.29) is 33.2 Å². The van der Waals surface area contributed by atoms with Crippen LogP contribution in [0.5, 0.6) is 0 Å². The Hall–Kier alpha value is -4.76. The number of hydrogen-bond acceptors (Lipinski definition) is 3. The highest BCUT2D eigenvalue weighted by Crippen LogP contribution is 2.58. The molecule has 0 bridgehead atoms. The number of aryl methyl sites for hydroxylation is 1. The molecule has 0 atom stereocenters. The third-order valence-electron chi connectivity index (χ3n) is 12.7. The molecule has 0 aromatic heterocycles. The Labute approximate surface area is 319 Å². The predicted molar refractivity (Wildman–Crippen MR) is 227 cm³/mol. The molecule has 4 aliphatic carbocycles. The van der Waals surface area contributed by atoms with E-state index >= 15 is 0 Å². The molecule has 4 aromatic carbocycles. The lowest BCUT2D eigenvalue weighted by atomic mass is 9.79. The summed E-state index contributed by atoms with van der Waals surface area (Å²) in [4.78, 5) is 19.9. The number of Topliss-reactive ketones (excluding diaryl/α,β-unsaturated/α-hetero) is 1. The summed E-state index contributed by atoms with van der Waals surface area (Å²) in [5, 5.41) is 22.2. The van der Waals surface area contributed by atoms with Gasteiger partial charge in [0.05, 0.1) is 16.5 Å². The van der Waals surface area contributed by atoms with Crippen molar-refractivity contribution >= 4 is 54.8 Å². The van der Waals surface area contributed by atoms with E-state index in [1.165, 1.54) is 71.5 Å². The molecule has 0 unspecified atom stereocenters. The van der Waals surface area contributed by atoms with Gasteiger partial charge in [0.2, 0.25) is 5.78 Å². The fourth-order valence-corrected chi connectivity index (χ4v) is 9.49. The van der Waals surface area contributed by atoms with E-state index in [2.05, 4.69) is 145 Å². The van der Waals surface area contributed by atoms with Crippen LogP contribution in [0.3, 0.4) is 0 Å². The molecular formula is C51H53NO2. The predicted octanol–water partition coefficient (Wildman–Crippen LogP) is 12.1. The van der Waals surface area contributed by atoms with Gasteiger partial charge in [0, 0.05) is 16.1 Å². The normalized spacial score (nSPS) is 17.9. The van der Waals surface area contributed by atoms with Gasteiger partial charge in [-0.3, -0.25) is 9.78 Å². The second kappa shape index (κ2) is 10.5. The van der Waals surface area contributed by atoms with Crippen molar-refractivity contribution in [3.8, 4) is 0 Å². The molecule has 1 heterocycles. The second-order valence-corrected chi connectivity index (χ2v) is 20.7. The quantitative estimate of drug-likeness (QED) is 0.185. The lowest BCUT2D eigenvalue weighted by Gasteiger charge is -2.25. The Morgan fingerprint density at radius 3 is 1.46 bits per heavy atom. The molecular weight excluding hydrogens is 659 g/mol. The van der Waals surface area contributed by atoms with E-state index in [1.807, 2.05) is 0 Å². The van der Waals surface area contributed by atoms with Crippen LogP contribution in [0.25, 0.3) is 49.0 Å². The minimum atomic E-state index is -0.103. The Morgan fingerprint density at radius 1 is 0.537 bits per heavy atom. The van der Waals surface area contributed by atoms with Crippen molar-refractivity contribution in [1.29, 1.82) is 0 Å². The highest BCUT2D eigenvalue weighted by Gasteiger charge is 2.44. The number of benzene rings is 4. The largest absolute Gasteiger partial charge is 0.506 e. The maximum absolute atomic E-state index is 14.8. The summed E-state index contributed by atoms with van der Waals surface area (Å²) in [5.41, 5.74) is 13.6. The molecule has 0 saturated heterocycles. The van der Waals surface area contributed by atoms with Gasteiger partial charge in [-0.25, -0.2) is 0 Å². The van der Waals surface area contributed by atoms with Gasteiger partial charge in [0.25, 0.3) is 0 Å². The third-order valence-corrected chi connectivity index (χ3v) is 12.7. The Balaban J connectivity index is 1.34. The number of rotatable bonds is 1. The standard InChI is InChI=1S/C51H53NO2/c1-24-15-32(41-35-22-30(50(9,10)11)17-26-16-28(48(3,4)5)20-33(37(24)41)39(26)35)43-46(53)44(47(43)54)45-42-36-23-31(51(12,13)14)19-27-18-29(49(6,7)8)21-34(40(27)36)38(42)25(2)52-45/h16-23,53H,15H2,1-14H3. The van der Waals surface area contributed by atoms with Crippen molar-refractivity contribution in [2.45, 2.75) is 125 Å². The summed E-state index contributed by atoms with van der Waals surface area (Å²) >= 11 is 0. The van der Waals surface area contributed by atoms with Crippen molar-refractivity contribution in [2.24, 2.45) is 0 Å². The zero-order valence-corrected chi connectivity index (χ0v) is 34.6. The first-order chi connectivity index (χ1) is 25.0. The van der Waals surface area contributed by atoms with Gasteiger partial charge >= 0.3 is 0 Å². The molecule has 3 heteroatoms. The third kappa shape index (κ3) is 4.66. The molecule has 0 fully saturated rings. The fraction of sp³-hybridized carbons (Fsp3) is 0.373. The molecule has 9 rings (SSSR count). The average molecular weight is 712 g/mol. The molecule has 274 valence electrons. The molecule has 4 aromatic rings. The van der Waals surface area contributed by atoms with Crippen LogP contribution in [-0.4, -0.2) is 15.9 Å². The molecule has 0 saturated carbocycles. The number of aromatic nitrogens is 1. The molecule has 0 radical (unpaired) electrons. The SMILES string of the molecule is CC1=C2C(=C(C3=C(O)C(=c4nc(C)c5c6cc(C(C)(C)C)cc7cc(C(C)(C)C)cc(c4=5)c76)C3=O)C1)c1cc(C(C)(C)C)cc3cc(C(C)(C)C)cc2c13. The molecule has 0 spiro atoms. The Bertz CT molecular complexity index is 2940. The van der Waals surface area contributed by atoms with E-state index in [4.69, 9.17) is 4.98 Å². The van der Waals surface area contributed by atoms with Crippen LogP contribution in [-0.2, 0) is 26.5 Å². The number of allylic oxidation sites excluding steroid dienone is 6. The zero-order valence-electron chi connectivity index (χ0n) is 34.6. The van der Waals surface area contributed by atoms with Crippen LogP contribution < -0.4 is 5.35 Å². The number of aliphatic hydroxyl groups is 1. The summed E-state index contributed by atoms with van der Waals surface area (Å²) in [7, 11) is 0. The van der Waals surface area contributed by atoms with Crippen molar-refractivity contribution < 1.29 is 9.90 Å². The first kappa shape index (κ1) is 35.0. The van der Waals surface area contributed by atoms with Gasteiger partial charge in [0.15, 0.2) is 0 Å². The van der Waals surface area contributed by atoms with Gasteiger partial charge in [-0.1, -0.05) is 113 Å². The van der Waals surface area contributed by atoms with Crippen molar-refractivity contribution in [2.75, 3.05) is 0 Å². The minimum Gasteiger partial charge on any atom is -0.506 e. The number of fused-ring (bicyclic) bond motifs is 5. The van der Waals surface area contributed by atoms with E-state index < -0.39 is 0 Å². The Morgan fingerprint density at radius 2 is 0.981 bits per heavy atom. The van der Waals surface area contributed by atoms with E-state index in [0.29, 0.717) is 22.9 Å². The van der Waals surface area contributed by atoms with Crippen LogP contribution in [0.2, 0.25) is 0 Å². The number of nitrogens with zero attached hydrogens (tertiary/aromatic N) is 1. The van der Waals surface area contributed by atoms with Crippen molar-refractivity contribution in [1.82, 2.24) is 4.98 Å². The van der Waals surface area contributed by atoms with Crippen LogP contribution in [0.15, 0.2) is 71.0 Å². The lowest BCUT2D eigenvalue weighted by Crippen LogP contribution is -2.30. The first-order valence-corrected chi connectivity index (χ1v) is 19.7. The molecule has 54 heavy (non-hydrogen) atoms. The summed E-state index contributed by atoms with van der Waals surface area (Å²) in [5.74, 6) is -0.0190. The number of ketones is 1. The van der Waals surface area contributed by atoms with Crippen LogP contribution in [0.4, 0.5) is 0 Å². The summed E-state index contributed by atoms with van der Waals surface area (Å²) in [6.45, 7) is 31.4.